The first kappa shape index (κ1) is 10.3. The fourth-order valence-corrected chi connectivity index (χ4v) is 1.47. The normalized spacial score (nSPS) is 21.5. The molecule has 3 nitrogen and oxygen atoms in total. The van der Waals surface area contributed by atoms with Crippen LogP contribution in [0.3, 0.4) is 0 Å². The largest absolute Gasteiger partial charge is 0.388 e. The first-order chi connectivity index (χ1) is 6.22. The van der Waals surface area contributed by atoms with Crippen LogP contribution in [0.25, 0.3) is 0 Å². The van der Waals surface area contributed by atoms with Gasteiger partial charge in [-0.05, 0) is 45.5 Å². The molecule has 0 unspecified atom stereocenters. The third-order valence-electron chi connectivity index (χ3n) is 2.49. The molecule has 0 bridgehead atoms. The number of hydrogen-bond acceptors (Lipinski definition) is 3. The predicted octanol–water partition coefficient (Wildman–Crippen LogP) is 1.22. The highest BCUT2D eigenvalue weighted by molar-refractivity contribution is 5.74. The molecule has 13 heavy (non-hydrogen) atoms. The van der Waals surface area contributed by atoms with Gasteiger partial charge < -0.3 is 15.6 Å². The highest BCUT2D eigenvalue weighted by atomic mass is 15.1. The Hall–Kier alpha value is -0.830. The lowest BCUT2D eigenvalue weighted by Gasteiger charge is -2.29. The zero-order chi connectivity index (χ0) is 9.68. The Labute approximate surface area is 80.3 Å². The molecule has 0 aromatic heterocycles. The van der Waals surface area contributed by atoms with Crippen LogP contribution < -0.4 is 5.32 Å². The van der Waals surface area contributed by atoms with E-state index in [2.05, 4.69) is 17.3 Å². The van der Waals surface area contributed by atoms with Gasteiger partial charge in [-0.25, -0.2) is 0 Å². The minimum absolute atomic E-state index is 0.603. The van der Waals surface area contributed by atoms with E-state index in [0.717, 1.165) is 5.57 Å². The minimum atomic E-state index is 0.603. The topological polar surface area (TPSA) is 39.1 Å². The van der Waals surface area contributed by atoms with E-state index in [1.54, 1.807) is 0 Å². The van der Waals surface area contributed by atoms with Gasteiger partial charge in [0, 0.05) is 18.5 Å². The summed E-state index contributed by atoms with van der Waals surface area (Å²) in [6.45, 7) is 4.29. The molecule has 0 aromatic rings. The molecule has 1 saturated heterocycles. The molecule has 1 fully saturated rings. The van der Waals surface area contributed by atoms with E-state index in [9.17, 15) is 0 Å². The van der Waals surface area contributed by atoms with Crippen LogP contribution in [0.5, 0.6) is 0 Å². The van der Waals surface area contributed by atoms with Gasteiger partial charge in [-0.1, -0.05) is 0 Å². The van der Waals surface area contributed by atoms with E-state index >= 15 is 0 Å². The Balaban J connectivity index is 2.26. The van der Waals surface area contributed by atoms with Gasteiger partial charge in [0.25, 0.3) is 0 Å². The molecule has 3 heteroatoms. The Bertz CT molecular complexity index is 190. The van der Waals surface area contributed by atoms with Crippen LogP contribution in [0.1, 0.15) is 19.8 Å². The van der Waals surface area contributed by atoms with Crippen molar-refractivity contribution in [2.24, 2.45) is 0 Å². The third kappa shape index (κ3) is 3.59. The number of likely N-dealkylation sites (tertiary alicyclic amines) is 1. The lowest BCUT2D eigenvalue weighted by atomic mass is 10.1. The van der Waals surface area contributed by atoms with E-state index in [1.165, 1.54) is 32.1 Å². The van der Waals surface area contributed by atoms with Gasteiger partial charge in [-0.3, -0.25) is 0 Å². The number of nitrogens with zero attached hydrogens (tertiary/aromatic N) is 1. The van der Waals surface area contributed by atoms with Crippen LogP contribution in [-0.4, -0.2) is 37.3 Å². The highest BCUT2D eigenvalue weighted by Gasteiger charge is 2.14. The monoisotopic (exact) mass is 181 g/mol. The maximum atomic E-state index is 7.02. The Morgan fingerprint density at radius 3 is 2.62 bits per heavy atom. The van der Waals surface area contributed by atoms with Gasteiger partial charge in [0.2, 0.25) is 0 Å². The summed E-state index contributed by atoms with van der Waals surface area (Å²) in [5.41, 5.74) is 0.985. The maximum Gasteiger partial charge on any atom is 0.0280 e. The third-order valence-corrected chi connectivity index (χ3v) is 2.49. The molecule has 2 N–H and O–H groups in total. The van der Waals surface area contributed by atoms with Crippen molar-refractivity contribution in [3.8, 4) is 0 Å². The zero-order valence-electron chi connectivity index (χ0n) is 8.51. The second-order valence-corrected chi connectivity index (χ2v) is 3.78. The number of piperidine rings is 1. The average Bonchev–Trinajstić information content (AvgIpc) is 2.16. The lowest BCUT2D eigenvalue weighted by Crippen LogP contribution is -2.38. The van der Waals surface area contributed by atoms with Crippen LogP contribution in [0, 0.1) is 5.41 Å². The summed E-state index contributed by atoms with van der Waals surface area (Å²) in [5, 5.41) is 10.4. The number of allylic oxidation sites excluding steroid dienone is 1. The van der Waals surface area contributed by atoms with Crippen LogP contribution in [0.2, 0.25) is 0 Å². The van der Waals surface area contributed by atoms with Crippen LogP contribution in [0.4, 0.5) is 0 Å². The van der Waals surface area contributed by atoms with Crippen molar-refractivity contribution in [2.45, 2.75) is 25.8 Å². The molecule has 1 rings (SSSR count). The molecule has 1 aliphatic rings. The van der Waals surface area contributed by atoms with Crippen molar-refractivity contribution in [2.75, 3.05) is 20.1 Å². The molecule has 0 spiro atoms. The lowest BCUT2D eigenvalue weighted by molar-refractivity contribution is 0.244. The van der Waals surface area contributed by atoms with Gasteiger partial charge in [-0.2, -0.15) is 0 Å². The van der Waals surface area contributed by atoms with Gasteiger partial charge >= 0.3 is 0 Å². The fourth-order valence-electron chi connectivity index (χ4n) is 1.47. The van der Waals surface area contributed by atoms with Crippen molar-refractivity contribution in [1.29, 1.82) is 5.41 Å². The van der Waals surface area contributed by atoms with Crippen molar-refractivity contribution in [1.82, 2.24) is 10.2 Å². The van der Waals surface area contributed by atoms with E-state index in [1.807, 2.05) is 13.1 Å². The van der Waals surface area contributed by atoms with Crippen LogP contribution in [-0.2, 0) is 0 Å². The standard InChI is InChI=1S/C10H19N3/c1-9(7-11)8-12-10-3-5-13(2)6-4-10/h7-8,10-12H,3-6H2,1-2H3/b9-8-,11-7?. The van der Waals surface area contributed by atoms with Gasteiger partial charge in [0.05, 0.1) is 0 Å². The second kappa shape index (κ2) is 5.02. The van der Waals surface area contributed by atoms with Crippen molar-refractivity contribution < 1.29 is 0 Å². The Kier molecular flexibility index (Phi) is 3.96. The zero-order valence-corrected chi connectivity index (χ0v) is 8.51. The molecule has 0 radical (unpaired) electrons. The van der Waals surface area contributed by atoms with Crippen molar-refractivity contribution in [3.05, 3.63) is 11.8 Å². The van der Waals surface area contributed by atoms with Crippen molar-refractivity contribution >= 4 is 6.21 Å². The first-order valence-electron chi connectivity index (χ1n) is 4.84. The molecule has 0 amide bonds. The summed E-state index contributed by atoms with van der Waals surface area (Å²) in [7, 11) is 2.16. The van der Waals surface area contributed by atoms with Crippen LogP contribution in [0.15, 0.2) is 11.8 Å². The number of nitrogens with one attached hydrogen (secondary N) is 2. The van der Waals surface area contributed by atoms with E-state index in [-0.39, 0.29) is 0 Å². The Morgan fingerprint density at radius 1 is 1.46 bits per heavy atom. The fraction of sp³-hybridized carbons (Fsp3) is 0.700. The minimum Gasteiger partial charge on any atom is -0.388 e. The van der Waals surface area contributed by atoms with Gasteiger partial charge in [-0.15, -0.1) is 0 Å². The number of hydrogen-bond donors (Lipinski definition) is 2. The molecule has 0 atom stereocenters. The average molecular weight is 181 g/mol. The summed E-state index contributed by atoms with van der Waals surface area (Å²) >= 11 is 0. The summed E-state index contributed by atoms with van der Waals surface area (Å²) in [4.78, 5) is 2.35. The second-order valence-electron chi connectivity index (χ2n) is 3.78. The molecule has 0 aromatic carbocycles. The summed E-state index contributed by atoms with van der Waals surface area (Å²) in [6, 6.07) is 0.603. The Morgan fingerprint density at radius 2 is 2.08 bits per heavy atom. The molecule has 0 aliphatic carbocycles. The summed E-state index contributed by atoms with van der Waals surface area (Å²) in [6.07, 6.45) is 5.74. The first-order valence-corrected chi connectivity index (χ1v) is 4.84. The van der Waals surface area contributed by atoms with Gasteiger partial charge in [0.15, 0.2) is 0 Å². The molecule has 0 saturated carbocycles. The van der Waals surface area contributed by atoms with Gasteiger partial charge in [0.1, 0.15) is 0 Å². The number of rotatable bonds is 3. The molecule has 1 aliphatic heterocycles. The van der Waals surface area contributed by atoms with E-state index < -0.39 is 0 Å². The predicted molar refractivity (Wildman–Crippen MR) is 56.2 cm³/mol. The quantitative estimate of drug-likeness (QED) is 0.643. The SMILES string of the molecule is C/C(C=N)=C/NC1CCN(C)CC1. The smallest absolute Gasteiger partial charge is 0.0280 e. The highest BCUT2D eigenvalue weighted by Crippen LogP contribution is 2.07. The van der Waals surface area contributed by atoms with E-state index in [4.69, 9.17) is 5.41 Å². The molecule has 74 valence electrons. The molecular weight excluding hydrogens is 162 g/mol. The summed E-state index contributed by atoms with van der Waals surface area (Å²) < 4.78 is 0. The molecule has 1 heterocycles. The van der Waals surface area contributed by atoms with Crippen LogP contribution >= 0.6 is 0 Å². The maximum absolute atomic E-state index is 7.02. The summed E-state index contributed by atoms with van der Waals surface area (Å²) in [5.74, 6) is 0. The van der Waals surface area contributed by atoms with Crippen molar-refractivity contribution in [3.63, 3.8) is 0 Å². The van der Waals surface area contributed by atoms with E-state index in [0.29, 0.717) is 6.04 Å². The molecular formula is C10H19N3.